The molecule has 0 saturated carbocycles. The highest BCUT2D eigenvalue weighted by atomic mass is 16.4. The van der Waals surface area contributed by atoms with Gasteiger partial charge in [-0.2, -0.15) is 0 Å². The molecule has 2 amide bonds. The number of hydrogen-bond donors (Lipinski definition) is 3. The van der Waals surface area contributed by atoms with Gasteiger partial charge in [-0.15, -0.1) is 0 Å². The molecule has 2 saturated heterocycles. The Kier molecular flexibility index (Phi) is 5.23. The zero-order chi connectivity index (χ0) is 14.5. The van der Waals surface area contributed by atoms with E-state index in [0.717, 1.165) is 25.9 Å². The molecule has 2 fully saturated rings. The second-order valence-corrected chi connectivity index (χ2v) is 5.87. The van der Waals surface area contributed by atoms with Gasteiger partial charge in [-0.1, -0.05) is 13.3 Å². The van der Waals surface area contributed by atoms with Gasteiger partial charge in [0.2, 0.25) is 0 Å². The van der Waals surface area contributed by atoms with Crippen LogP contribution in [0.5, 0.6) is 0 Å². The van der Waals surface area contributed by atoms with Crippen LogP contribution in [0.4, 0.5) is 4.79 Å². The van der Waals surface area contributed by atoms with E-state index in [9.17, 15) is 9.59 Å². The number of carbonyl (C=O) groups excluding carboxylic acids is 1. The average Bonchev–Trinajstić information content (AvgIpc) is 2.99. The fourth-order valence-corrected chi connectivity index (χ4v) is 3.32. The number of carboxylic acid groups (broad SMARTS) is 1. The third kappa shape index (κ3) is 3.85. The first-order valence-corrected chi connectivity index (χ1v) is 7.60. The highest BCUT2D eigenvalue weighted by Gasteiger charge is 2.37. The van der Waals surface area contributed by atoms with E-state index >= 15 is 0 Å². The van der Waals surface area contributed by atoms with Gasteiger partial charge in [0.25, 0.3) is 0 Å². The smallest absolute Gasteiger partial charge is 0.315 e. The van der Waals surface area contributed by atoms with Crippen molar-refractivity contribution in [3.05, 3.63) is 0 Å². The van der Waals surface area contributed by atoms with Crippen molar-refractivity contribution in [2.75, 3.05) is 19.6 Å². The van der Waals surface area contributed by atoms with Gasteiger partial charge in [-0.3, -0.25) is 9.69 Å². The number of nitrogens with one attached hydrogen (secondary N) is 2. The quantitative estimate of drug-likeness (QED) is 0.680. The Morgan fingerprint density at radius 3 is 2.85 bits per heavy atom. The predicted molar refractivity (Wildman–Crippen MR) is 75.6 cm³/mol. The lowest BCUT2D eigenvalue weighted by Crippen LogP contribution is -2.47. The largest absolute Gasteiger partial charge is 0.481 e. The van der Waals surface area contributed by atoms with Gasteiger partial charge in [0.15, 0.2) is 0 Å². The molecule has 0 aliphatic carbocycles. The zero-order valence-electron chi connectivity index (χ0n) is 12.1. The number of urea groups is 1. The number of fused-ring (bicyclic) bond motifs is 1. The highest BCUT2D eigenvalue weighted by molar-refractivity contribution is 5.74. The summed E-state index contributed by atoms with van der Waals surface area (Å²) in [6, 6.07) is 0.589. The van der Waals surface area contributed by atoms with Crippen molar-refractivity contribution in [2.45, 2.75) is 51.1 Å². The molecule has 3 N–H and O–H groups in total. The molecule has 0 aromatic heterocycles. The molecule has 2 aliphatic heterocycles. The molecule has 114 valence electrons. The van der Waals surface area contributed by atoms with Crippen LogP contribution in [0.1, 0.15) is 39.0 Å². The van der Waals surface area contributed by atoms with Crippen molar-refractivity contribution in [1.82, 2.24) is 15.5 Å². The topological polar surface area (TPSA) is 81.7 Å². The number of carboxylic acids is 1. The molecule has 6 nitrogen and oxygen atoms in total. The summed E-state index contributed by atoms with van der Waals surface area (Å²) in [6.07, 6.45) is 4.27. The van der Waals surface area contributed by atoms with E-state index in [4.69, 9.17) is 5.11 Å². The first kappa shape index (κ1) is 15.1. The SMILES string of the molecule is CCC(CNC(=O)NC1CCN2CCCC12)CC(=O)O. The summed E-state index contributed by atoms with van der Waals surface area (Å²) < 4.78 is 0. The van der Waals surface area contributed by atoms with Crippen LogP contribution in [0.15, 0.2) is 0 Å². The van der Waals surface area contributed by atoms with Crippen LogP contribution in [0.2, 0.25) is 0 Å². The Hall–Kier alpha value is -1.30. The number of amides is 2. The molecule has 0 aromatic rings. The predicted octanol–water partition coefficient (Wildman–Crippen LogP) is 1.02. The Labute approximate surface area is 119 Å². The molecular weight excluding hydrogens is 258 g/mol. The minimum Gasteiger partial charge on any atom is -0.481 e. The normalized spacial score (nSPS) is 27.1. The third-order valence-electron chi connectivity index (χ3n) is 4.51. The molecule has 2 heterocycles. The standard InChI is InChI=1S/C14H25N3O3/c1-2-10(8-13(18)19)9-15-14(20)16-11-5-7-17-6-3-4-12(11)17/h10-12H,2-9H2,1H3,(H,18,19)(H2,15,16,20). The van der Waals surface area contributed by atoms with E-state index in [-0.39, 0.29) is 24.4 Å². The molecule has 6 heteroatoms. The zero-order valence-corrected chi connectivity index (χ0v) is 12.1. The van der Waals surface area contributed by atoms with Crippen LogP contribution in [-0.2, 0) is 4.79 Å². The third-order valence-corrected chi connectivity index (χ3v) is 4.51. The Morgan fingerprint density at radius 2 is 2.15 bits per heavy atom. The Bertz CT molecular complexity index is 362. The summed E-state index contributed by atoms with van der Waals surface area (Å²) in [5.74, 6) is -0.804. The molecule has 0 bridgehead atoms. The fourth-order valence-electron chi connectivity index (χ4n) is 3.32. The van der Waals surface area contributed by atoms with Crippen molar-refractivity contribution in [2.24, 2.45) is 5.92 Å². The van der Waals surface area contributed by atoms with Gasteiger partial charge < -0.3 is 15.7 Å². The minimum absolute atomic E-state index is 0.00445. The number of rotatable bonds is 6. The maximum absolute atomic E-state index is 11.9. The summed E-state index contributed by atoms with van der Waals surface area (Å²) >= 11 is 0. The number of aliphatic carboxylic acids is 1. The van der Waals surface area contributed by atoms with Crippen LogP contribution in [0.25, 0.3) is 0 Å². The van der Waals surface area contributed by atoms with E-state index in [1.165, 1.54) is 12.8 Å². The van der Waals surface area contributed by atoms with Gasteiger partial charge >= 0.3 is 12.0 Å². The summed E-state index contributed by atoms with van der Waals surface area (Å²) in [7, 11) is 0. The van der Waals surface area contributed by atoms with Crippen LogP contribution in [0.3, 0.4) is 0 Å². The highest BCUT2D eigenvalue weighted by Crippen LogP contribution is 2.27. The lowest BCUT2D eigenvalue weighted by Gasteiger charge is -2.22. The molecule has 0 spiro atoms. The summed E-state index contributed by atoms with van der Waals surface area (Å²) in [5, 5.41) is 14.6. The van der Waals surface area contributed by atoms with Crippen molar-refractivity contribution in [3.8, 4) is 0 Å². The van der Waals surface area contributed by atoms with Gasteiger partial charge in [-0.25, -0.2) is 4.79 Å². The number of carbonyl (C=O) groups is 2. The van der Waals surface area contributed by atoms with Crippen molar-refractivity contribution in [3.63, 3.8) is 0 Å². The van der Waals surface area contributed by atoms with Crippen molar-refractivity contribution < 1.29 is 14.7 Å². The first-order chi connectivity index (χ1) is 9.60. The Morgan fingerprint density at radius 1 is 1.35 bits per heavy atom. The molecule has 0 radical (unpaired) electrons. The minimum atomic E-state index is -0.809. The lowest BCUT2D eigenvalue weighted by atomic mass is 10.0. The van der Waals surface area contributed by atoms with Gasteiger partial charge in [0.05, 0.1) is 0 Å². The monoisotopic (exact) mass is 283 g/mol. The van der Waals surface area contributed by atoms with Crippen molar-refractivity contribution >= 4 is 12.0 Å². The van der Waals surface area contributed by atoms with E-state index < -0.39 is 5.97 Å². The maximum Gasteiger partial charge on any atom is 0.315 e. The van der Waals surface area contributed by atoms with Crippen LogP contribution in [-0.4, -0.2) is 53.7 Å². The molecular formula is C14H25N3O3. The second-order valence-electron chi connectivity index (χ2n) is 5.87. The molecule has 20 heavy (non-hydrogen) atoms. The second kappa shape index (κ2) is 6.92. The van der Waals surface area contributed by atoms with E-state index in [1.807, 2.05) is 6.92 Å². The van der Waals surface area contributed by atoms with E-state index in [1.54, 1.807) is 0 Å². The number of hydrogen-bond acceptors (Lipinski definition) is 3. The Balaban J connectivity index is 1.71. The fraction of sp³-hybridized carbons (Fsp3) is 0.857. The van der Waals surface area contributed by atoms with Crippen LogP contribution >= 0.6 is 0 Å². The molecule has 3 unspecified atom stereocenters. The molecule has 3 atom stereocenters. The summed E-state index contributed by atoms with van der Waals surface area (Å²) in [4.78, 5) is 25.0. The van der Waals surface area contributed by atoms with Gasteiger partial charge in [0.1, 0.15) is 0 Å². The summed E-state index contributed by atoms with van der Waals surface area (Å²) in [5.41, 5.74) is 0. The van der Waals surface area contributed by atoms with Gasteiger partial charge in [0, 0.05) is 31.6 Å². The number of nitrogens with zero attached hydrogens (tertiary/aromatic N) is 1. The maximum atomic E-state index is 11.9. The average molecular weight is 283 g/mol. The van der Waals surface area contributed by atoms with E-state index in [0.29, 0.717) is 12.6 Å². The molecule has 0 aromatic carbocycles. The van der Waals surface area contributed by atoms with Crippen molar-refractivity contribution in [1.29, 1.82) is 0 Å². The lowest BCUT2D eigenvalue weighted by molar-refractivity contribution is -0.138. The first-order valence-electron chi connectivity index (χ1n) is 7.60. The van der Waals surface area contributed by atoms with E-state index in [2.05, 4.69) is 15.5 Å². The summed E-state index contributed by atoms with van der Waals surface area (Å²) in [6.45, 7) is 4.60. The van der Waals surface area contributed by atoms with Gasteiger partial charge in [-0.05, 0) is 31.7 Å². The van der Waals surface area contributed by atoms with Crippen LogP contribution < -0.4 is 10.6 Å². The molecule has 2 rings (SSSR count). The van der Waals surface area contributed by atoms with Crippen LogP contribution in [0, 0.1) is 5.92 Å². The molecule has 2 aliphatic rings.